The summed E-state index contributed by atoms with van der Waals surface area (Å²) in [6.45, 7) is 2.95. The molecule has 3 nitrogen and oxygen atoms in total. The highest BCUT2D eigenvalue weighted by Crippen LogP contribution is 2.29. The first-order chi connectivity index (χ1) is 13.0. The smallest absolute Gasteiger partial charge is 0.161 e. The molecule has 0 bridgehead atoms. The van der Waals surface area contributed by atoms with Crippen LogP contribution in [0.25, 0.3) is 0 Å². The van der Waals surface area contributed by atoms with Crippen molar-refractivity contribution < 1.29 is 13.9 Å². The minimum atomic E-state index is -0.261. The van der Waals surface area contributed by atoms with E-state index in [2.05, 4.69) is 5.32 Å². The first-order valence-corrected chi connectivity index (χ1v) is 8.97. The lowest BCUT2D eigenvalue weighted by molar-refractivity contribution is 0.284. The molecule has 0 radical (unpaired) electrons. The Kier molecular flexibility index (Phi) is 6.20. The lowest BCUT2D eigenvalue weighted by Gasteiger charge is -2.13. The topological polar surface area (TPSA) is 30.5 Å². The summed E-state index contributed by atoms with van der Waals surface area (Å²) >= 11 is 6.16. The molecule has 0 heterocycles. The van der Waals surface area contributed by atoms with Crippen LogP contribution in [-0.4, -0.2) is 7.11 Å². The molecule has 0 atom stereocenters. The Labute approximate surface area is 163 Å². The van der Waals surface area contributed by atoms with Gasteiger partial charge in [0.15, 0.2) is 11.5 Å². The summed E-state index contributed by atoms with van der Waals surface area (Å²) in [5, 5.41) is 4.08. The molecule has 3 rings (SSSR count). The third-order valence-electron chi connectivity index (χ3n) is 4.20. The third kappa shape index (κ3) is 5.14. The Morgan fingerprint density at radius 1 is 0.926 bits per heavy atom. The second-order valence-electron chi connectivity index (χ2n) is 6.22. The predicted molar refractivity (Wildman–Crippen MR) is 107 cm³/mol. The number of methoxy groups -OCH3 is 1. The van der Waals surface area contributed by atoms with E-state index in [4.69, 9.17) is 21.1 Å². The maximum Gasteiger partial charge on any atom is 0.161 e. The minimum absolute atomic E-state index is 0.261. The van der Waals surface area contributed by atoms with Crippen molar-refractivity contribution in [1.82, 2.24) is 0 Å². The van der Waals surface area contributed by atoms with Gasteiger partial charge in [0.1, 0.15) is 12.4 Å². The van der Waals surface area contributed by atoms with Crippen molar-refractivity contribution in [2.45, 2.75) is 20.1 Å². The summed E-state index contributed by atoms with van der Waals surface area (Å²) in [4.78, 5) is 0. The Bertz CT molecular complexity index is 913. The molecular formula is C22H21ClFNO2. The van der Waals surface area contributed by atoms with Gasteiger partial charge in [-0.3, -0.25) is 0 Å². The maximum absolute atomic E-state index is 13.0. The fraction of sp³-hybridized carbons (Fsp3) is 0.182. The number of aryl methyl sites for hydroxylation is 1. The van der Waals surface area contributed by atoms with Crippen molar-refractivity contribution >= 4 is 17.3 Å². The largest absolute Gasteiger partial charge is 0.493 e. The van der Waals surface area contributed by atoms with Crippen LogP contribution in [0.3, 0.4) is 0 Å². The van der Waals surface area contributed by atoms with Gasteiger partial charge in [0.2, 0.25) is 0 Å². The SMILES string of the molecule is COc1cc(CNc2ccc(C)c(Cl)c2)ccc1OCc1ccc(F)cc1. The van der Waals surface area contributed by atoms with Crippen LogP contribution in [0.1, 0.15) is 16.7 Å². The quantitative estimate of drug-likeness (QED) is 0.542. The first-order valence-electron chi connectivity index (χ1n) is 8.59. The van der Waals surface area contributed by atoms with E-state index in [1.54, 1.807) is 19.2 Å². The van der Waals surface area contributed by atoms with Crippen LogP contribution in [0.5, 0.6) is 11.5 Å². The molecule has 0 aromatic heterocycles. The zero-order valence-corrected chi connectivity index (χ0v) is 16.0. The average molecular weight is 386 g/mol. The van der Waals surface area contributed by atoms with Crippen LogP contribution >= 0.6 is 11.6 Å². The number of nitrogens with one attached hydrogen (secondary N) is 1. The average Bonchev–Trinajstić information content (AvgIpc) is 2.68. The van der Waals surface area contributed by atoms with Gasteiger partial charge in [-0.15, -0.1) is 0 Å². The minimum Gasteiger partial charge on any atom is -0.493 e. The van der Waals surface area contributed by atoms with E-state index >= 15 is 0 Å². The number of rotatable bonds is 7. The number of hydrogen-bond acceptors (Lipinski definition) is 3. The van der Waals surface area contributed by atoms with Crippen LogP contribution in [0, 0.1) is 12.7 Å². The van der Waals surface area contributed by atoms with Gasteiger partial charge >= 0.3 is 0 Å². The van der Waals surface area contributed by atoms with Gasteiger partial charge in [0.05, 0.1) is 7.11 Å². The fourth-order valence-corrected chi connectivity index (χ4v) is 2.77. The molecule has 0 amide bonds. The highest BCUT2D eigenvalue weighted by atomic mass is 35.5. The zero-order chi connectivity index (χ0) is 19.2. The normalized spacial score (nSPS) is 10.5. The van der Waals surface area contributed by atoms with Gasteiger partial charge in [-0.2, -0.15) is 0 Å². The molecule has 140 valence electrons. The standard InChI is InChI=1S/C22H21ClFNO2/c1-15-3-9-19(12-20(15)23)25-13-17-6-10-21(22(11-17)26-2)27-14-16-4-7-18(24)8-5-16/h3-12,25H,13-14H2,1-2H3. The summed E-state index contributed by atoms with van der Waals surface area (Å²) in [7, 11) is 1.61. The monoisotopic (exact) mass is 385 g/mol. The number of hydrogen-bond donors (Lipinski definition) is 1. The molecule has 3 aromatic rings. The van der Waals surface area contributed by atoms with E-state index in [-0.39, 0.29) is 5.82 Å². The summed E-state index contributed by atoms with van der Waals surface area (Å²) < 4.78 is 24.2. The van der Waals surface area contributed by atoms with Crippen molar-refractivity contribution in [3.63, 3.8) is 0 Å². The second-order valence-corrected chi connectivity index (χ2v) is 6.63. The molecule has 0 fully saturated rings. The maximum atomic E-state index is 13.0. The lowest BCUT2D eigenvalue weighted by Crippen LogP contribution is -2.02. The molecule has 27 heavy (non-hydrogen) atoms. The molecular weight excluding hydrogens is 365 g/mol. The number of benzene rings is 3. The first kappa shape index (κ1) is 19.1. The molecule has 0 spiro atoms. The van der Waals surface area contributed by atoms with E-state index in [0.717, 1.165) is 27.4 Å². The highest BCUT2D eigenvalue weighted by molar-refractivity contribution is 6.31. The Balaban J connectivity index is 1.64. The van der Waals surface area contributed by atoms with Gasteiger partial charge < -0.3 is 14.8 Å². The van der Waals surface area contributed by atoms with Crippen LogP contribution in [0.4, 0.5) is 10.1 Å². The molecule has 0 aliphatic rings. The highest BCUT2D eigenvalue weighted by Gasteiger charge is 2.07. The lowest BCUT2D eigenvalue weighted by atomic mass is 10.1. The zero-order valence-electron chi connectivity index (χ0n) is 15.3. The summed E-state index contributed by atoms with van der Waals surface area (Å²) in [5.74, 6) is 1.03. The van der Waals surface area contributed by atoms with Crippen molar-refractivity contribution in [3.05, 3.63) is 88.2 Å². The molecule has 0 saturated carbocycles. The molecule has 0 saturated heterocycles. The molecule has 5 heteroatoms. The second kappa shape index (κ2) is 8.78. The van der Waals surface area contributed by atoms with E-state index in [1.165, 1.54) is 12.1 Å². The Morgan fingerprint density at radius 2 is 1.67 bits per heavy atom. The van der Waals surface area contributed by atoms with Crippen molar-refractivity contribution in [2.75, 3.05) is 12.4 Å². The molecule has 3 aromatic carbocycles. The van der Waals surface area contributed by atoms with Gasteiger partial charge in [-0.05, 0) is 60.0 Å². The van der Waals surface area contributed by atoms with Crippen LogP contribution < -0.4 is 14.8 Å². The molecule has 0 aliphatic heterocycles. The molecule has 1 N–H and O–H groups in total. The number of anilines is 1. The van der Waals surface area contributed by atoms with Gasteiger partial charge in [-0.1, -0.05) is 35.9 Å². The van der Waals surface area contributed by atoms with E-state index < -0.39 is 0 Å². The molecule has 0 aliphatic carbocycles. The van der Waals surface area contributed by atoms with Crippen molar-refractivity contribution in [3.8, 4) is 11.5 Å². The summed E-state index contributed by atoms with van der Waals surface area (Å²) in [6, 6.07) is 17.9. The summed E-state index contributed by atoms with van der Waals surface area (Å²) in [5.41, 5.74) is 3.95. The predicted octanol–water partition coefficient (Wildman–Crippen LogP) is 5.99. The van der Waals surface area contributed by atoms with Crippen LogP contribution in [-0.2, 0) is 13.2 Å². The number of halogens is 2. The summed E-state index contributed by atoms with van der Waals surface area (Å²) in [6.07, 6.45) is 0. The van der Waals surface area contributed by atoms with E-state index in [9.17, 15) is 4.39 Å². The van der Waals surface area contributed by atoms with Crippen LogP contribution in [0.15, 0.2) is 60.7 Å². The number of ether oxygens (including phenoxy) is 2. The molecule has 0 unspecified atom stereocenters. The fourth-order valence-electron chi connectivity index (χ4n) is 2.59. The Morgan fingerprint density at radius 3 is 2.37 bits per heavy atom. The van der Waals surface area contributed by atoms with Gasteiger partial charge in [-0.25, -0.2) is 4.39 Å². The van der Waals surface area contributed by atoms with Crippen molar-refractivity contribution in [2.24, 2.45) is 0 Å². The Hall–Kier alpha value is -2.72. The van der Waals surface area contributed by atoms with E-state index in [1.807, 2.05) is 43.3 Å². The van der Waals surface area contributed by atoms with Crippen molar-refractivity contribution in [1.29, 1.82) is 0 Å². The van der Waals surface area contributed by atoms with Gasteiger partial charge in [0, 0.05) is 17.3 Å². The van der Waals surface area contributed by atoms with Crippen LogP contribution in [0.2, 0.25) is 5.02 Å². The third-order valence-corrected chi connectivity index (χ3v) is 4.61. The van der Waals surface area contributed by atoms with Gasteiger partial charge in [0.25, 0.3) is 0 Å². The van der Waals surface area contributed by atoms with E-state index in [0.29, 0.717) is 24.7 Å².